The van der Waals surface area contributed by atoms with Crippen LogP contribution in [0.2, 0.25) is 0 Å². The molecule has 3 aliphatic heterocycles. The molecule has 0 bridgehead atoms. The van der Waals surface area contributed by atoms with Gasteiger partial charge in [0.1, 0.15) is 5.82 Å². The third kappa shape index (κ3) is 1.64. The molecule has 3 heterocycles. The van der Waals surface area contributed by atoms with Gasteiger partial charge in [-0.25, -0.2) is 4.39 Å². The summed E-state index contributed by atoms with van der Waals surface area (Å²) in [5.41, 5.74) is 0.937. The molecular formula is C16H17FN2O2. The van der Waals surface area contributed by atoms with Crippen molar-refractivity contribution in [3.63, 3.8) is 0 Å². The standard InChI is InChI=1S/C16H17FN2O2/c1-18-15(20)12-11-3-2-8-19(11)14(13(12)16(18)21)9-4-6-10(17)7-5-9/h4-7,11-14H,2-3,8H2,1H3/t11-,12-,13-,14-/m1/s1. The molecule has 0 spiro atoms. The van der Waals surface area contributed by atoms with Crippen LogP contribution in [0.3, 0.4) is 0 Å². The minimum Gasteiger partial charge on any atom is -0.292 e. The minimum absolute atomic E-state index is 0.0495. The van der Waals surface area contributed by atoms with E-state index in [9.17, 15) is 14.0 Å². The summed E-state index contributed by atoms with van der Waals surface area (Å²) in [5, 5.41) is 0. The number of likely N-dealkylation sites (tertiary alicyclic amines) is 1. The van der Waals surface area contributed by atoms with Gasteiger partial charge in [-0.15, -0.1) is 0 Å². The molecule has 0 aromatic heterocycles. The number of carbonyl (C=O) groups excluding carboxylic acids is 2. The Morgan fingerprint density at radius 1 is 1.10 bits per heavy atom. The van der Waals surface area contributed by atoms with Gasteiger partial charge in [0.15, 0.2) is 0 Å². The van der Waals surface area contributed by atoms with Gasteiger partial charge >= 0.3 is 0 Å². The predicted octanol–water partition coefficient (Wildman–Crippen LogP) is 1.58. The molecule has 0 radical (unpaired) electrons. The molecule has 21 heavy (non-hydrogen) atoms. The van der Waals surface area contributed by atoms with Crippen LogP contribution < -0.4 is 0 Å². The van der Waals surface area contributed by atoms with Gasteiger partial charge < -0.3 is 0 Å². The normalized spacial score (nSPS) is 35.4. The highest BCUT2D eigenvalue weighted by molar-refractivity contribution is 6.06. The lowest BCUT2D eigenvalue weighted by Crippen LogP contribution is -2.37. The van der Waals surface area contributed by atoms with Crippen molar-refractivity contribution in [2.24, 2.45) is 11.8 Å². The Balaban J connectivity index is 1.80. The highest BCUT2D eigenvalue weighted by Crippen LogP contribution is 2.52. The van der Waals surface area contributed by atoms with Crippen molar-refractivity contribution in [1.29, 1.82) is 0 Å². The first-order valence-electron chi connectivity index (χ1n) is 7.42. The topological polar surface area (TPSA) is 40.6 Å². The van der Waals surface area contributed by atoms with Gasteiger partial charge in [-0.3, -0.25) is 19.4 Å². The van der Waals surface area contributed by atoms with Crippen LogP contribution in [0.5, 0.6) is 0 Å². The molecule has 1 aromatic rings. The first-order chi connectivity index (χ1) is 10.1. The van der Waals surface area contributed by atoms with Gasteiger partial charge in [0.2, 0.25) is 11.8 Å². The van der Waals surface area contributed by atoms with Gasteiger partial charge in [0, 0.05) is 19.1 Å². The largest absolute Gasteiger partial charge is 0.292 e. The van der Waals surface area contributed by atoms with E-state index in [4.69, 9.17) is 0 Å². The number of hydrogen-bond acceptors (Lipinski definition) is 3. The summed E-state index contributed by atoms with van der Waals surface area (Å²) in [7, 11) is 1.57. The van der Waals surface area contributed by atoms with Crippen molar-refractivity contribution in [3.8, 4) is 0 Å². The van der Waals surface area contributed by atoms with Crippen molar-refractivity contribution >= 4 is 11.8 Å². The van der Waals surface area contributed by atoms with Crippen LogP contribution in [0.1, 0.15) is 24.4 Å². The molecular weight excluding hydrogens is 271 g/mol. The van der Waals surface area contributed by atoms with Crippen molar-refractivity contribution in [2.45, 2.75) is 24.9 Å². The molecule has 3 fully saturated rings. The number of fused-ring (bicyclic) bond motifs is 3. The minimum atomic E-state index is -0.307. The van der Waals surface area contributed by atoms with E-state index in [1.807, 2.05) is 0 Å². The van der Waals surface area contributed by atoms with E-state index in [1.54, 1.807) is 19.2 Å². The summed E-state index contributed by atoms with van der Waals surface area (Å²) in [6.07, 6.45) is 2.02. The lowest BCUT2D eigenvalue weighted by molar-refractivity contribution is -0.139. The monoisotopic (exact) mass is 288 g/mol. The van der Waals surface area contributed by atoms with Crippen molar-refractivity contribution in [1.82, 2.24) is 9.80 Å². The van der Waals surface area contributed by atoms with Crippen LogP contribution in [-0.2, 0) is 9.59 Å². The van der Waals surface area contributed by atoms with Gasteiger partial charge in [0.25, 0.3) is 0 Å². The molecule has 1 aromatic carbocycles. The van der Waals surface area contributed by atoms with E-state index in [2.05, 4.69) is 4.90 Å². The summed E-state index contributed by atoms with van der Waals surface area (Å²) >= 11 is 0. The Bertz CT molecular complexity index is 615. The van der Waals surface area contributed by atoms with Crippen LogP contribution in [-0.4, -0.2) is 41.2 Å². The van der Waals surface area contributed by atoms with E-state index < -0.39 is 0 Å². The van der Waals surface area contributed by atoms with Crippen LogP contribution in [0.4, 0.5) is 4.39 Å². The molecule has 2 amide bonds. The first-order valence-corrected chi connectivity index (χ1v) is 7.42. The average Bonchev–Trinajstić information content (AvgIpc) is 3.10. The van der Waals surface area contributed by atoms with E-state index in [0.717, 1.165) is 24.9 Å². The maximum atomic E-state index is 13.2. The van der Waals surface area contributed by atoms with Gasteiger partial charge in [-0.2, -0.15) is 0 Å². The molecule has 0 N–H and O–H groups in total. The number of benzene rings is 1. The molecule has 110 valence electrons. The molecule has 0 unspecified atom stereocenters. The summed E-state index contributed by atoms with van der Waals surface area (Å²) < 4.78 is 13.2. The molecule has 5 heteroatoms. The quantitative estimate of drug-likeness (QED) is 0.737. The van der Waals surface area contributed by atoms with Crippen LogP contribution in [0.15, 0.2) is 24.3 Å². The number of amides is 2. The fraction of sp³-hybridized carbons (Fsp3) is 0.500. The molecule has 0 saturated carbocycles. The molecule has 4 atom stereocenters. The number of halogens is 1. The van der Waals surface area contributed by atoms with E-state index in [-0.39, 0.29) is 41.6 Å². The number of rotatable bonds is 1. The Hall–Kier alpha value is -1.75. The molecule has 3 saturated heterocycles. The maximum Gasteiger partial charge on any atom is 0.234 e. The zero-order valence-corrected chi connectivity index (χ0v) is 11.8. The van der Waals surface area contributed by atoms with Gasteiger partial charge in [0.05, 0.1) is 11.8 Å². The number of nitrogens with zero attached hydrogens (tertiary/aromatic N) is 2. The zero-order chi connectivity index (χ0) is 14.7. The van der Waals surface area contributed by atoms with Gasteiger partial charge in [-0.05, 0) is 37.1 Å². The van der Waals surface area contributed by atoms with Crippen LogP contribution in [0, 0.1) is 17.7 Å². The second kappa shape index (κ2) is 4.37. The number of carbonyl (C=O) groups is 2. The molecule has 0 aliphatic carbocycles. The fourth-order valence-corrected chi connectivity index (χ4v) is 4.41. The first kappa shape index (κ1) is 13.0. The number of hydrogen-bond donors (Lipinski definition) is 0. The predicted molar refractivity (Wildman–Crippen MR) is 73.6 cm³/mol. The Morgan fingerprint density at radius 2 is 1.76 bits per heavy atom. The third-order valence-electron chi connectivity index (χ3n) is 5.28. The van der Waals surface area contributed by atoms with Crippen molar-refractivity contribution < 1.29 is 14.0 Å². The highest BCUT2D eigenvalue weighted by atomic mass is 19.1. The lowest BCUT2D eigenvalue weighted by Gasteiger charge is -2.28. The smallest absolute Gasteiger partial charge is 0.234 e. The van der Waals surface area contributed by atoms with Gasteiger partial charge in [-0.1, -0.05) is 12.1 Å². The molecule has 4 rings (SSSR count). The second-order valence-electron chi connectivity index (χ2n) is 6.23. The number of imide groups is 1. The summed E-state index contributed by atoms with van der Waals surface area (Å²) in [6, 6.07) is 6.41. The zero-order valence-electron chi connectivity index (χ0n) is 11.8. The second-order valence-corrected chi connectivity index (χ2v) is 6.23. The highest BCUT2D eigenvalue weighted by Gasteiger charge is 2.62. The molecule has 4 nitrogen and oxygen atoms in total. The summed E-state index contributed by atoms with van der Waals surface area (Å²) in [4.78, 5) is 28.4. The van der Waals surface area contributed by atoms with Crippen LogP contribution >= 0.6 is 0 Å². The SMILES string of the molecule is CN1C(=O)[C@@H]2[C@H](C1=O)[C@H]1CCCN1[C@@H]2c1ccc(F)cc1. The van der Waals surface area contributed by atoms with Crippen molar-refractivity contribution in [3.05, 3.63) is 35.6 Å². The van der Waals surface area contributed by atoms with Crippen molar-refractivity contribution in [2.75, 3.05) is 13.6 Å². The summed E-state index contributed by atoms with van der Waals surface area (Å²) in [6.45, 7) is 0.907. The maximum absolute atomic E-state index is 13.2. The van der Waals surface area contributed by atoms with E-state index >= 15 is 0 Å². The van der Waals surface area contributed by atoms with E-state index in [1.165, 1.54) is 17.0 Å². The Kier molecular flexibility index (Phi) is 2.70. The fourth-order valence-electron chi connectivity index (χ4n) is 4.41. The molecule has 3 aliphatic rings. The van der Waals surface area contributed by atoms with Crippen LogP contribution in [0.25, 0.3) is 0 Å². The Labute approximate surface area is 122 Å². The summed E-state index contributed by atoms with van der Waals surface area (Å²) in [5.74, 6) is -0.948. The van der Waals surface area contributed by atoms with E-state index in [0.29, 0.717) is 0 Å². The third-order valence-corrected chi connectivity index (χ3v) is 5.28. The average molecular weight is 288 g/mol. The Morgan fingerprint density at radius 3 is 2.48 bits per heavy atom. The lowest BCUT2D eigenvalue weighted by atomic mass is 9.85.